The van der Waals surface area contributed by atoms with Gasteiger partial charge < -0.3 is 20.4 Å². The lowest BCUT2D eigenvalue weighted by Gasteiger charge is -2.32. The molecule has 0 aromatic heterocycles. The van der Waals surface area contributed by atoms with Crippen LogP contribution in [0.15, 0.2) is 18.2 Å². The molecule has 0 bridgehead atoms. The van der Waals surface area contributed by atoms with Crippen LogP contribution in [0.1, 0.15) is 34.6 Å². The Hall–Kier alpha value is -1.53. The Kier molecular flexibility index (Phi) is 3.56. The second-order valence-corrected chi connectivity index (χ2v) is 6.16. The van der Waals surface area contributed by atoms with Gasteiger partial charge in [-0.15, -0.1) is 0 Å². The highest BCUT2D eigenvalue weighted by Gasteiger charge is 2.51. The van der Waals surface area contributed by atoms with Crippen molar-refractivity contribution < 1.29 is 14.1 Å². The number of nitrogens with two attached hydrogens (primary N) is 1. The second kappa shape index (κ2) is 4.79. The van der Waals surface area contributed by atoms with Crippen molar-refractivity contribution in [2.24, 2.45) is 0 Å². The Balaban J connectivity index is 2.30. The number of nitrogen functional groups attached to an aromatic ring is 1. The molecule has 0 spiro atoms. The first-order valence-electron chi connectivity index (χ1n) is 6.64. The SMILES string of the molecule is CC(=O)Nc1cc(N)cc(B2OC(C)(C)C(C)(C)O2)c1. The van der Waals surface area contributed by atoms with Crippen molar-refractivity contribution >= 4 is 29.9 Å². The summed E-state index contributed by atoms with van der Waals surface area (Å²) >= 11 is 0. The molecule has 0 unspecified atom stereocenters. The fraction of sp³-hybridized carbons (Fsp3) is 0.500. The van der Waals surface area contributed by atoms with Crippen molar-refractivity contribution in [3.63, 3.8) is 0 Å². The molecule has 0 saturated carbocycles. The largest absolute Gasteiger partial charge is 0.494 e. The van der Waals surface area contributed by atoms with E-state index in [2.05, 4.69) is 5.32 Å². The van der Waals surface area contributed by atoms with E-state index in [1.54, 1.807) is 12.1 Å². The molecule has 3 N–H and O–H groups in total. The van der Waals surface area contributed by atoms with Crippen LogP contribution in [0.25, 0.3) is 0 Å². The van der Waals surface area contributed by atoms with E-state index >= 15 is 0 Å². The van der Waals surface area contributed by atoms with Crippen LogP contribution in [0, 0.1) is 0 Å². The third-order valence-corrected chi connectivity index (χ3v) is 3.82. The van der Waals surface area contributed by atoms with Gasteiger partial charge in [0.25, 0.3) is 0 Å². The summed E-state index contributed by atoms with van der Waals surface area (Å²) in [7, 11) is -0.490. The molecule has 0 aliphatic carbocycles. The maximum Gasteiger partial charge on any atom is 0.494 e. The Bertz CT molecular complexity index is 527. The van der Waals surface area contributed by atoms with Crippen LogP contribution in [0.2, 0.25) is 0 Å². The van der Waals surface area contributed by atoms with E-state index in [9.17, 15) is 4.79 Å². The maximum absolute atomic E-state index is 11.1. The maximum atomic E-state index is 11.1. The van der Waals surface area contributed by atoms with Gasteiger partial charge in [0, 0.05) is 18.3 Å². The highest BCUT2D eigenvalue weighted by molar-refractivity contribution is 6.62. The molecule has 2 rings (SSSR count). The highest BCUT2D eigenvalue weighted by Crippen LogP contribution is 2.36. The van der Waals surface area contributed by atoms with Crippen molar-refractivity contribution in [3.05, 3.63) is 18.2 Å². The van der Waals surface area contributed by atoms with E-state index in [0.717, 1.165) is 5.46 Å². The summed E-state index contributed by atoms with van der Waals surface area (Å²) in [6.45, 7) is 9.43. The average molecular weight is 276 g/mol. The zero-order valence-corrected chi connectivity index (χ0v) is 12.6. The highest BCUT2D eigenvalue weighted by atomic mass is 16.7. The molecule has 20 heavy (non-hydrogen) atoms. The van der Waals surface area contributed by atoms with Gasteiger partial charge in [-0.2, -0.15) is 0 Å². The summed E-state index contributed by atoms with van der Waals surface area (Å²) in [4.78, 5) is 11.1. The zero-order valence-electron chi connectivity index (χ0n) is 12.6. The minimum atomic E-state index is -0.490. The number of amides is 1. The van der Waals surface area contributed by atoms with Crippen LogP contribution < -0.4 is 16.5 Å². The quantitative estimate of drug-likeness (QED) is 0.634. The number of carbonyl (C=O) groups excluding carboxylic acids is 1. The molecule has 1 saturated heterocycles. The molecule has 108 valence electrons. The van der Waals surface area contributed by atoms with E-state index in [4.69, 9.17) is 15.0 Å². The van der Waals surface area contributed by atoms with Gasteiger partial charge in [0.15, 0.2) is 0 Å². The van der Waals surface area contributed by atoms with Gasteiger partial charge in [0.2, 0.25) is 5.91 Å². The molecule has 1 aliphatic heterocycles. The molecule has 0 radical (unpaired) electrons. The average Bonchev–Trinajstić information content (AvgIpc) is 2.46. The number of anilines is 2. The Morgan fingerprint density at radius 1 is 1.15 bits per heavy atom. The topological polar surface area (TPSA) is 73.6 Å². The number of nitrogens with one attached hydrogen (secondary N) is 1. The molecule has 5 nitrogen and oxygen atoms in total. The molecule has 1 fully saturated rings. The lowest BCUT2D eigenvalue weighted by molar-refractivity contribution is -0.114. The normalized spacial score (nSPS) is 19.9. The van der Waals surface area contributed by atoms with Gasteiger partial charge in [-0.25, -0.2) is 0 Å². The molecular formula is C14H21BN2O3. The molecular weight excluding hydrogens is 255 g/mol. The zero-order chi connectivity index (χ0) is 15.1. The Morgan fingerprint density at radius 3 is 2.20 bits per heavy atom. The second-order valence-electron chi connectivity index (χ2n) is 6.16. The van der Waals surface area contributed by atoms with Crippen LogP contribution in [0.4, 0.5) is 11.4 Å². The number of hydrogen-bond donors (Lipinski definition) is 2. The third kappa shape index (κ3) is 2.81. The monoisotopic (exact) mass is 276 g/mol. The Morgan fingerprint density at radius 2 is 1.70 bits per heavy atom. The van der Waals surface area contributed by atoms with E-state index in [-0.39, 0.29) is 5.91 Å². The van der Waals surface area contributed by atoms with Crippen molar-refractivity contribution in [1.29, 1.82) is 0 Å². The van der Waals surface area contributed by atoms with E-state index in [1.165, 1.54) is 6.92 Å². The number of hydrogen-bond acceptors (Lipinski definition) is 4. The summed E-state index contributed by atoms with van der Waals surface area (Å²) in [5.74, 6) is -0.143. The molecule has 1 amide bonds. The van der Waals surface area contributed by atoms with Gasteiger partial charge in [-0.05, 0) is 51.4 Å². The van der Waals surface area contributed by atoms with Gasteiger partial charge in [0.1, 0.15) is 0 Å². The molecule has 1 aliphatic rings. The van der Waals surface area contributed by atoms with Gasteiger partial charge in [0.05, 0.1) is 11.2 Å². The molecule has 1 aromatic carbocycles. The first-order valence-corrected chi connectivity index (χ1v) is 6.64. The fourth-order valence-corrected chi connectivity index (χ4v) is 2.07. The van der Waals surface area contributed by atoms with Crippen molar-refractivity contribution in [1.82, 2.24) is 0 Å². The van der Waals surface area contributed by atoms with Crippen LogP contribution >= 0.6 is 0 Å². The third-order valence-electron chi connectivity index (χ3n) is 3.82. The van der Waals surface area contributed by atoms with Crippen molar-refractivity contribution in [2.75, 3.05) is 11.1 Å². The van der Waals surface area contributed by atoms with Crippen LogP contribution in [-0.4, -0.2) is 24.2 Å². The van der Waals surface area contributed by atoms with Crippen LogP contribution in [-0.2, 0) is 14.1 Å². The van der Waals surface area contributed by atoms with E-state index in [1.807, 2.05) is 33.8 Å². The summed E-state index contributed by atoms with van der Waals surface area (Å²) < 4.78 is 11.9. The summed E-state index contributed by atoms with van der Waals surface area (Å²) in [5.41, 5.74) is 7.06. The fourth-order valence-electron chi connectivity index (χ4n) is 2.07. The molecule has 0 atom stereocenters. The smallest absolute Gasteiger partial charge is 0.399 e. The molecule has 1 heterocycles. The molecule has 6 heteroatoms. The van der Waals surface area contributed by atoms with Crippen LogP contribution in [0.3, 0.4) is 0 Å². The summed E-state index contributed by atoms with van der Waals surface area (Å²) in [6, 6.07) is 5.32. The Labute approximate surface area is 120 Å². The van der Waals surface area contributed by atoms with Crippen LogP contribution in [0.5, 0.6) is 0 Å². The number of carbonyl (C=O) groups is 1. The summed E-state index contributed by atoms with van der Waals surface area (Å²) in [5, 5.41) is 2.72. The minimum Gasteiger partial charge on any atom is -0.399 e. The number of benzene rings is 1. The lowest BCUT2D eigenvalue weighted by Crippen LogP contribution is -2.41. The first-order chi connectivity index (χ1) is 9.10. The predicted octanol–water partition coefficient (Wildman–Crippen LogP) is 1.53. The van der Waals surface area contributed by atoms with Gasteiger partial charge in [-0.3, -0.25) is 4.79 Å². The van der Waals surface area contributed by atoms with Gasteiger partial charge >= 0.3 is 7.12 Å². The van der Waals surface area contributed by atoms with Crippen molar-refractivity contribution in [2.45, 2.75) is 45.8 Å². The standard InChI is InChI=1S/C14H21BN2O3/c1-9(18)17-12-7-10(6-11(16)8-12)15-19-13(2,3)14(4,5)20-15/h6-8H,16H2,1-5H3,(H,17,18). The first kappa shape index (κ1) is 14.9. The molecule has 1 aromatic rings. The summed E-state index contributed by atoms with van der Waals surface area (Å²) in [6.07, 6.45) is 0. The van der Waals surface area contributed by atoms with Gasteiger partial charge in [-0.1, -0.05) is 0 Å². The lowest BCUT2D eigenvalue weighted by atomic mass is 9.78. The predicted molar refractivity (Wildman–Crippen MR) is 80.9 cm³/mol. The van der Waals surface area contributed by atoms with Crippen molar-refractivity contribution in [3.8, 4) is 0 Å². The van der Waals surface area contributed by atoms with E-state index in [0.29, 0.717) is 11.4 Å². The minimum absolute atomic E-state index is 0.143. The number of rotatable bonds is 2. The van der Waals surface area contributed by atoms with E-state index < -0.39 is 18.3 Å².